The van der Waals surface area contributed by atoms with Crippen LogP contribution in [-0.2, 0) is 0 Å². The molecule has 0 N–H and O–H groups in total. The molecule has 0 spiro atoms. The van der Waals surface area contributed by atoms with Gasteiger partial charge in [0, 0.05) is 13.6 Å². The monoisotopic (exact) mass is 366 g/mol. The normalized spacial score (nSPS) is 10.5. The van der Waals surface area contributed by atoms with Crippen LogP contribution in [0.25, 0.3) is 11.3 Å². The van der Waals surface area contributed by atoms with Crippen LogP contribution in [0.15, 0.2) is 39.4 Å². The van der Waals surface area contributed by atoms with Crippen molar-refractivity contribution in [3.63, 3.8) is 0 Å². The Hall–Kier alpha value is -0.360. The maximum Gasteiger partial charge on any atom is 0.137 e. The molecule has 72 valence electrons. The molecular formula is C10H5BrFIO. The molecule has 2 aromatic rings. The predicted octanol–water partition coefficient (Wildman–Crippen LogP) is 4.45. The topological polar surface area (TPSA) is 13.1 Å². The number of hydrogen-bond acceptors (Lipinski definition) is 1. The van der Waals surface area contributed by atoms with Crippen LogP contribution in [0.4, 0.5) is 4.39 Å². The second kappa shape index (κ2) is 4.02. The molecule has 0 radical (unpaired) electrons. The van der Waals surface area contributed by atoms with E-state index in [1.165, 1.54) is 6.07 Å². The maximum absolute atomic E-state index is 13.3. The Morgan fingerprint density at radius 2 is 2.14 bits per heavy atom. The average molecular weight is 367 g/mol. The molecule has 1 heterocycles. The van der Waals surface area contributed by atoms with Crippen LogP contribution in [0.1, 0.15) is 0 Å². The lowest BCUT2D eigenvalue weighted by atomic mass is 10.2. The lowest BCUT2D eigenvalue weighted by molar-refractivity contribution is 0.579. The van der Waals surface area contributed by atoms with E-state index in [2.05, 4.69) is 15.9 Å². The first-order valence-electron chi connectivity index (χ1n) is 3.87. The van der Waals surface area contributed by atoms with Crippen molar-refractivity contribution in [2.24, 2.45) is 0 Å². The van der Waals surface area contributed by atoms with Gasteiger partial charge in [-0.3, -0.25) is 0 Å². The highest BCUT2D eigenvalue weighted by Crippen LogP contribution is 2.31. The molecule has 0 aliphatic carbocycles. The SMILES string of the molecule is Fc1cc(-c2ccco2)c(Br)cc1I. The summed E-state index contributed by atoms with van der Waals surface area (Å²) in [6, 6.07) is 6.77. The van der Waals surface area contributed by atoms with E-state index in [-0.39, 0.29) is 5.82 Å². The lowest BCUT2D eigenvalue weighted by Gasteiger charge is -2.02. The van der Waals surface area contributed by atoms with Gasteiger partial charge in [0.25, 0.3) is 0 Å². The molecule has 1 aromatic heterocycles. The third-order valence-electron chi connectivity index (χ3n) is 1.80. The van der Waals surface area contributed by atoms with Crippen LogP contribution in [0.2, 0.25) is 0 Å². The van der Waals surface area contributed by atoms with E-state index in [0.29, 0.717) is 9.33 Å². The Kier molecular flexibility index (Phi) is 2.92. The molecule has 1 nitrogen and oxygen atoms in total. The summed E-state index contributed by atoms with van der Waals surface area (Å²) < 4.78 is 19.9. The molecule has 2 rings (SSSR count). The first-order valence-corrected chi connectivity index (χ1v) is 5.74. The minimum Gasteiger partial charge on any atom is -0.464 e. The molecule has 1 aromatic carbocycles. The first-order chi connectivity index (χ1) is 6.68. The summed E-state index contributed by atoms with van der Waals surface area (Å²) in [6.07, 6.45) is 1.57. The van der Waals surface area contributed by atoms with Crippen molar-refractivity contribution in [3.8, 4) is 11.3 Å². The average Bonchev–Trinajstić information content (AvgIpc) is 2.64. The summed E-state index contributed by atoms with van der Waals surface area (Å²) in [7, 11) is 0. The standard InChI is InChI=1S/C10H5BrFIO/c11-7-5-9(13)8(12)4-6(7)10-2-1-3-14-10/h1-5H. The largest absolute Gasteiger partial charge is 0.464 e. The van der Waals surface area contributed by atoms with E-state index in [1.54, 1.807) is 24.5 Å². The molecule has 0 aliphatic heterocycles. The summed E-state index contributed by atoms with van der Waals surface area (Å²) >= 11 is 5.32. The fourth-order valence-corrected chi connectivity index (χ4v) is 2.58. The first kappa shape index (κ1) is 10.2. The van der Waals surface area contributed by atoms with Crippen LogP contribution in [0.3, 0.4) is 0 Å². The van der Waals surface area contributed by atoms with Crippen LogP contribution in [0, 0.1) is 9.39 Å². The Bertz CT molecular complexity index is 453. The van der Waals surface area contributed by atoms with Crippen LogP contribution < -0.4 is 0 Å². The van der Waals surface area contributed by atoms with Crippen molar-refractivity contribution in [2.75, 3.05) is 0 Å². The third kappa shape index (κ3) is 1.86. The molecular weight excluding hydrogens is 362 g/mol. The zero-order valence-electron chi connectivity index (χ0n) is 6.93. The van der Waals surface area contributed by atoms with Gasteiger partial charge in [-0.2, -0.15) is 0 Å². The van der Waals surface area contributed by atoms with Crippen molar-refractivity contribution in [2.45, 2.75) is 0 Å². The van der Waals surface area contributed by atoms with E-state index < -0.39 is 0 Å². The molecule has 0 aliphatic rings. The van der Waals surface area contributed by atoms with Gasteiger partial charge in [-0.15, -0.1) is 0 Å². The molecule has 4 heteroatoms. The lowest BCUT2D eigenvalue weighted by Crippen LogP contribution is -1.85. The van der Waals surface area contributed by atoms with Crippen molar-refractivity contribution < 1.29 is 8.81 Å². The molecule has 0 saturated carbocycles. The summed E-state index contributed by atoms with van der Waals surface area (Å²) in [5.41, 5.74) is 0.730. The molecule has 0 amide bonds. The smallest absolute Gasteiger partial charge is 0.137 e. The minimum atomic E-state index is -0.236. The summed E-state index contributed by atoms with van der Waals surface area (Å²) in [5.74, 6) is 0.423. The second-order valence-electron chi connectivity index (χ2n) is 2.72. The Labute approximate surface area is 103 Å². The van der Waals surface area contributed by atoms with Gasteiger partial charge < -0.3 is 4.42 Å². The van der Waals surface area contributed by atoms with E-state index in [9.17, 15) is 4.39 Å². The van der Waals surface area contributed by atoms with Crippen LogP contribution in [0.5, 0.6) is 0 Å². The van der Waals surface area contributed by atoms with Crippen molar-refractivity contribution >= 4 is 38.5 Å². The highest BCUT2D eigenvalue weighted by Gasteiger charge is 2.09. The zero-order chi connectivity index (χ0) is 10.1. The second-order valence-corrected chi connectivity index (χ2v) is 4.74. The summed E-state index contributed by atoms with van der Waals surface area (Å²) in [6.45, 7) is 0. The van der Waals surface area contributed by atoms with Crippen molar-refractivity contribution in [1.29, 1.82) is 0 Å². The number of rotatable bonds is 1. The number of hydrogen-bond donors (Lipinski definition) is 0. The maximum atomic E-state index is 13.3. The van der Waals surface area contributed by atoms with Gasteiger partial charge in [0.05, 0.1) is 6.26 Å². The molecule has 0 fully saturated rings. The minimum absolute atomic E-state index is 0.236. The third-order valence-corrected chi connectivity index (χ3v) is 3.28. The van der Waals surface area contributed by atoms with E-state index in [0.717, 1.165) is 10.0 Å². The van der Waals surface area contributed by atoms with Gasteiger partial charge in [0.15, 0.2) is 0 Å². The van der Waals surface area contributed by atoms with Crippen molar-refractivity contribution in [3.05, 3.63) is 44.4 Å². The van der Waals surface area contributed by atoms with Gasteiger partial charge in [0.1, 0.15) is 11.6 Å². The quantitative estimate of drug-likeness (QED) is 0.536. The van der Waals surface area contributed by atoms with E-state index in [1.807, 2.05) is 22.6 Å². The fraction of sp³-hybridized carbons (Fsp3) is 0. The van der Waals surface area contributed by atoms with E-state index in [4.69, 9.17) is 4.42 Å². The molecule has 0 saturated heterocycles. The van der Waals surface area contributed by atoms with Gasteiger partial charge in [-0.25, -0.2) is 4.39 Å². The number of furan rings is 1. The highest BCUT2D eigenvalue weighted by atomic mass is 127. The van der Waals surface area contributed by atoms with Gasteiger partial charge in [-0.05, 0) is 62.8 Å². The Morgan fingerprint density at radius 3 is 2.79 bits per heavy atom. The number of halogens is 3. The predicted molar refractivity (Wildman–Crippen MR) is 64.5 cm³/mol. The van der Waals surface area contributed by atoms with Gasteiger partial charge in [-0.1, -0.05) is 0 Å². The molecule has 0 unspecified atom stereocenters. The summed E-state index contributed by atoms with van der Waals surface area (Å²) in [4.78, 5) is 0. The molecule has 14 heavy (non-hydrogen) atoms. The molecule has 0 bridgehead atoms. The molecule has 0 atom stereocenters. The Balaban J connectivity index is 2.60. The van der Waals surface area contributed by atoms with Gasteiger partial charge >= 0.3 is 0 Å². The summed E-state index contributed by atoms with van der Waals surface area (Å²) in [5, 5.41) is 0. The fourth-order valence-electron chi connectivity index (χ4n) is 1.14. The van der Waals surface area contributed by atoms with E-state index >= 15 is 0 Å². The Morgan fingerprint density at radius 1 is 1.36 bits per heavy atom. The van der Waals surface area contributed by atoms with Gasteiger partial charge in [0.2, 0.25) is 0 Å². The highest BCUT2D eigenvalue weighted by molar-refractivity contribution is 14.1. The van der Waals surface area contributed by atoms with Crippen molar-refractivity contribution in [1.82, 2.24) is 0 Å². The van der Waals surface area contributed by atoms with Crippen LogP contribution >= 0.6 is 38.5 Å². The number of benzene rings is 1. The van der Waals surface area contributed by atoms with Crippen LogP contribution in [-0.4, -0.2) is 0 Å². The zero-order valence-corrected chi connectivity index (χ0v) is 10.7.